The number of rotatable bonds is 10. The molecule has 1 aliphatic rings. The van der Waals surface area contributed by atoms with Crippen LogP contribution in [0.4, 0.5) is 0 Å². The summed E-state index contributed by atoms with van der Waals surface area (Å²) in [5, 5.41) is 6.86. The average molecular weight is 438 g/mol. The van der Waals surface area contributed by atoms with E-state index >= 15 is 0 Å². The van der Waals surface area contributed by atoms with Gasteiger partial charge >= 0.3 is 0 Å². The molecule has 0 atom stereocenters. The molecule has 0 saturated heterocycles. The third kappa shape index (κ3) is 11.2. The van der Waals surface area contributed by atoms with Crippen LogP contribution in [0.3, 0.4) is 0 Å². The number of nitrogens with one attached hydrogen (secondary N) is 2. The molecular weight excluding hydrogens is 399 g/mol. The van der Waals surface area contributed by atoms with Gasteiger partial charge in [-0.15, -0.1) is 24.0 Å². The predicted molar refractivity (Wildman–Crippen MR) is 113 cm³/mol. The summed E-state index contributed by atoms with van der Waals surface area (Å²) in [6.07, 6.45) is 10.9. The van der Waals surface area contributed by atoms with E-state index in [4.69, 9.17) is 0 Å². The van der Waals surface area contributed by atoms with Crippen molar-refractivity contribution in [1.29, 1.82) is 0 Å². The van der Waals surface area contributed by atoms with Crippen molar-refractivity contribution in [3.63, 3.8) is 0 Å². The van der Waals surface area contributed by atoms with E-state index < -0.39 is 0 Å². The predicted octanol–water partition coefficient (Wildman–Crippen LogP) is 3.86. The van der Waals surface area contributed by atoms with E-state index in [0.29, 0.717) is 6.04 Å². The fourth-order valence-corrected chi connectivity index (χ4v) is 3.07. The first kappa shape index (κ1) is 23.0. The third-order valence-electron chi connectivity index (χ3n) is 4.89. The van der Waals surface area contributed by atoms with Crippen LogP contribution in [0.2, 0.25) is 0 Å². The van der Waals surface area contributed by atoms with Crippen molar-refractivity contribution >= 4 is 29.9 Å². The highest BCUT2D eigenvalue weighted by molar-refractivity contribution is 14.0. The van der Waals surface area contributed by atoms with Gasteiger partial charge in [-0.1, -0.05) is 25.7 Å². The summed E-state index contributed by atoms with van der Waals surface area (Å²) in [4.78, 5) is 6.70. The molecule has 0 bridgehead atoms. The summed E-state index contributed by atoms with van der Waals surface area (Å²) >= 11 is 0. The molecule has 0 spiro atoms. The topological polar surface area (TPSA) is 39.7 Å². The zero-order valence-electron chi connectivity index (χ0n) is 15.7. The molecule has 2 N–H and O–H groups in total. The maximum absolute atomic E-state index is 4.30. The van der Waals surface area contributed by atoms with Crippen LogP contribution in [-0.2, 0) is 0 Å². The van der Waals surface area contributed by atoms with Crippen molar-refractivity contribution in [2.24, 2.45) is 10.9 Å². The molecule has 5 heteroatoms. The molecule has 0 unspecified atom stereocenters. The minimum absolute atomic E-state index is 0. The molecule has 1 saturated carbocycles. The second-order valence-corrected chi connectivity index (χ2v) is 7.00. The normalized spacial score (nSPS) is 16.0. The van der Waals surface area contributed by atoms with E-state index in [1.165, 1.54) is 57.9 Å². The molecule has 0 amide bonds. The first-order chi connectivity index (χ1) is 10.6. The monoisotopic (exact) mass is 438 g/mol. The van der Waals surface area contributed by atoms with E-state index in [9.17, 15) is 0 Å². The van der Waals surface area contributed by atoms with Crippen LogP contribution in [0, 0.1) is 5.92 Å². The summed E-state index contributed by atoms with van der Waals surface area (Å²) in [6.45, 7) is 7.72. The lowest BCUT2D eigenvalue weighted by molar-refractivity contribution is 0.268. The third-order valence-corrected chi connectivity index (χ3v) is 4.89. The van der Waals surface area contributed by atoms with E-state index in [-0.39, 0.29) is 24.0 Å². The van der Waals surface area contributed by atoms with Crippen LogP contribution in [0.1, 0.15) is 65.2 Å². The average Bonchev–Trinajstić information content (AvgIpc) is 3.01. The molecule has 1 fully saturated rings. The molecule has 0 heterocycles. The second kappa shape index (κ2) is 14.3. The second-order valence-electron chi connectivity index (χ2n) is 7.00. The summed E-state index contributed by atoms with van der Waals surface area (Å²) in [5.74, 6) is 1.96. The standard InChI is InChI=1S/C18H38N4.HI/c1-16(2)22(4)15-8-7-13-20-18(19-3)21-14-9-12-17-10-5-6-11-17;/h16-17H,5-15H2,1-4H3,(H2,19,20,21);1H. The molecule has 4 nitrogen and oxygen atoms in total. The maximum Gasteiger partial charge on any atom is 0.190 e. The Kier molecular flexibility index (Phi) is 14.3. The number of hydrogen-bond acceptors (Lipinski definition) is 2. The van der Waals surface area contributed by atoms with Crippen molar-refractivity contribution in [3.8, 4) is 0 Å². The van der Waals surface area contributed by atoms with Gasteiger partial charge in [0.1, 0.15) is 0 Å². The van der Waals surface area contributed by atoms with Gasteiger partial charge in [-0.3, -0.25) is 4.99 Å². The number of guanidine groups is 1. The highest BCUT2D eigenvalue weighted by Gasteiger charge is 2.13. The summed E-state index contributed by atoms with van der Waals surface area (Å²) in [6, 6.07) is 0.641. The molecule has 0 aromatic rings. The first-order valence-electron chi connectivity index (χ1n) is 9.28. The van der Waals surface area contributed by atoms with E-state index in [0.717, 1.165) is 25.0 Å². The molecule has 1 rings (SSSR count). The van der Waals surface area contributed by atoms with Gasteiger partial charge in [0.25, 0.3) is 0 Å². The maximum atomic E-state index is 4.30. The minimum atomic E-state index is 0. The molecular formula is C18H39IN4. The van der Waals surface area contributed by atoms with Gasteiger partial charge in [-0.2, -0.15) is 0 Å². The Balaban J connectivity index is 0.00000484. The number of hydrogen-bond donors (Lipinski definition) is 2. The molecule has 0 aliphatic heterocycles. The Morgan fingerprint density at radius 1 is 1.09 bits per heavy atom. The lowest BCUT2D eigenvalue weighted by Gasteiger charge is -2.20. The van der Waals surface area contributed by atoms with Crippen molar-refractivity contribution in [2.45, 2.75) is 71.3 Å². The van der Waals surface area contributed by atoms with E-state index in [2.05, 4.69) is 41.4 Å². The minimum Gasteiger partial charge on any atom is -0.356 e. The van der Waals surface area contributed by atoms with Crippen LogP contribution >= 0.6 is 24.0 Å². The van der Waals surface area contributed by atoms with Crippen molar-refractivity contribution in [3.05, 3.63) is 0 Å². The number of halogens is 1. The Bertz CT molecular complexity index is 301. The van der Waals surface area contributed by atoms with Gasteiger partial charge in [0, 0.05) is 26.2 Å². The zero-order valence-corrected chi connectivity index (χ0v) is 18.1. The Morgan fingerprint density at radius 3 is 2.26 bits per heavy atom. The fourth-order valence-electron chi connectivity index (χ4n) is 3.07. The highest BCUT2D eigenvalue weighted by Crippen LogP contribution is 2.28. The van der Waals surface area contributed by atoms with Crippen molar-refractivity contribution in [1.82, 2.24) is 15.5 Å². The van der Waals surface area contributed by atoms with Gasteiger partial charge in [0.15, 0.2) is 5.96 Å². The Labute approximate surface area is 161 Å². The van der Waals surface area contributed by atoms with Gasteiger partial charge in [0.05, 0.1) is 0 Å². The summed E-state index contributed by atoms with van der Waals surface area (Å²) < 4.78 is 0. The van der Waals surface area contributed by atoms with Crippen molar-refractivity contribution < 1.29 is 0 Å². The van der Waals surface area contributed by atoms with Crippen molar-refractivity contribution in [2.75, 3.05) is 33.7 Å². The molecule has 0 radical (unpaired) electrons. The SMILES string of the molecule is CN=C(NCCCCN(C)C(C)C)NCCCC1CCCC1.I. The van der Waals surface area contributed by atoms with Crippen LogP contribution in [0.25, 0.3) is 0 Å². The lowest BCUT2D eigenvalue weighted by atomic mass is 10.0. The number of unbranched alkanes of at least 4 members (excludes halogenated alkanes) is 1. The summed E-state index contributed by atoms with van der Waals surface area (Å²) in [5.41, 5.74) is 0. The van der Waals surface area contributed by atoms with Crippen LogP contribution < -0.4 is 10.6 Å². The molecule has 23 heavy (non-hydrogen) atoms. The quantitative estimate of drug-likeness (QED) is 0.236. The largest absolute Gasteiger partial charge is 0.356 e. The van der Waals surface area contributed by atoms with E-state index in [1.807, 2.05) is 7.05 Å². The zero-order chi connectivity index (χ0) is 16.2. The lowest BCUT2D eigenvalue weighted by Crippen LogP contribution is -2.38. The van der Waals surface area contributed by atoms with Gasteiger partial charge in [-0.05, 0) is 59.0 Å². The van der Waals surface area contributed by atoms with Crippen LogP contribution in [-0.4, -0.2) is 50.6 Å². The van der Waals surface area contributed by atoms with Crippen LogP contribution in [0.15, 0.2) is 4.99 Å². The molecule has 1 aliphatic carbocycles. The summed E-state index contributed by atoms with van der Waals surface area (Å²) in [7, 11) is 4.06. The molecule has 0 aromatic carbocycles. The number of aliphatic imine (C=N–C) groups is 1. The van der Waals surface area contributed by atoms with Gasteiger partial charge in [-0.25, -0.2) is 0 Å². The Morgan fingerprint density at radius 2 is 1.70 bits per heavy atom. The fraction of sp³-hybridized carbons (Fsp3) is 0.944. The molecule has 0 aromatic heterocycles. The first-order valence-corrected chi connectivity index (χ1v) is 9.28. The molecule has 138 valence electrons. The smallest absolute Gasteiger partial charge is 0.190 e. The van der Waals surface area contributed by atoms with Crippen LogP contribution in [0.5, 0.6) is 0 Å². The van der Waals surface area contributed by atoms with Gasteiger partial charge < -0.3 is 15.5 Å². The highest BCUT2D eigenvalue weighted by atomic mass is 127. The van der Waals surface area contributed by atoms with E-state index in [1.54, 1.807) is 0 Å². The van der Waals surface area contributed by atoms with Gasteiger partial charge in [0.2, 0.25) is 0 Å². The number of nitrogens with zero attached hydrogens (tertiary/aromatic N) is 2. The Hall–Kier alpha value is -0.0400.